The highest BCUT2D eigenvalue weighted by Crippen LogP contribution is 2.38. The predicted octanol–water partition coefficient (Wildman–Crippen LogP) is 4.51. The average molecular weight is 296 g/mol. The van der Waals surface area contributed by atoms with Gasteiger partial charge >= 0.3 is 0 Å². The molecule has 2 aliphatic carbocycles. The molecule has 2 N–H and O–H groups in total. The van der Waals surface area contributed by atoms with E-state index in [1.807, 2.05) is 0 Å². The molecule has 2 rings (SSSR count). The lowest BCUT2D eigenvalue weighted by atomic mass is 9.71. The van der Waals surface area contributed by atoms with E-state index in [2.05, 4.69) is 33.0 Å². The van der Waals surface area contributed by atoms with Crippen LogP contribution in [0.3, 0.4) is 0 Å². The lowest BCUT2D eigenvalue weighted by molar-refractivity contribution is -0.0124. The first-order valence-electron chi connectivity index (χ1n) is 9.28. The SMILES string of the molecule is CCC1CCC(O)(CNC2CCC(C(C)(C)C)CC2)CC1. The maximum absolute atomic E-state index is 10.7. The van der Waals surface area contributed by atoms with Crippen molar-refractivity contribution in [1.29, 1.82) is 0 Å². The van der Waals surface area contributed by atoms with Crippen molar-refractivity contribution in [2.45, 2.75) is 97.1 Å². The molecule has 0 atom stereocenters. The summed E-state index contributed by atoms with van der Waals surface area (Å²) in [5, 5.41) is 14.4. The molecule has 0 spiro atoms. The summed E-state index contributed by atoms with van der Waals surface area (Å²) in [4.78, 5) is 0. The number of nitrogens with one attached hydrogen (secondary N) is 1. The van der Waals surface area contributed by atoms with E-state index in [-0.39, 0.29) is 0 Å². The van der Waals surface area contributed by atoms with Crippen molar-refractivity contribution < 1.29 is 5.11 Å². The highest BCUT2D eigenvalue weighted by atomic mass is 16.3. The molecule has 2 saturated carbocycles. The van der Waals surface area contributed by atoms with Gasteiger partial charge in [-0.25, -0.2) is 0 Å². The van der Waals surface area contributed by atoms with Crippen LogP contribution in [0.15, 0.2) is 0 Å². The fraction of sp³-hybridized carbons (Fsp3) is 1.00. The summed E-state index contributed by atoms with van der Waals surface area (Å²) >= 11 is 0. The van der Waals surface area contributed by atoms with E-state index >= 15 is 0 Å². The number of hydrogen-bond donors (Lipinski definition) is 2. The van der Waals surface area contributed by atoms with Crippen molar-refractivity contribution in [3.05, 3.63) is 0 Å². The van der Waals surface area contributed by atoms with Gasteiger partial charge in [-0.1, -0.05) is 34.1 Å². The summed E-state index contributed by atoms with van der Waals surface area (Å²) in [6.07, 6.45) is 11.0. The van der Waals surface area contributed by atoms with Gasteiger partial charge in [-0.15, -0.1) is 0 Å². The van der Waals surface area contributed by atoms with E-state index in [1.54, 1.807) is 0 Å². The highest BCUT2D eigenvalue weighted by molar-refractivity contribution is 4.90. The van der Waals surface area contributed by atoms with Crippen LogP contribution in [0, 0.1) is 17.3 Å². The van der Waals surface area contributed by atoms with Gasteiger partial charge in [-0.05, 0) is 68.6 Å². The van der Waals surface area contributed by atoms with Crippen LogP contribution in [-0.4, -0.2) is 23.3 Å². The third kappa shape index (κ3) is 4.96. The summed E-state index contributed by atoms with van der Waals surface area (Å²) in [6.45, 7) is 10.2. The summed E-state index contributed by atoms with van der Waals surface area (Å²) in [6, 6.07) is 0.636. The summed E-state index contributed by atoms with van der Waals surface area (Å²) in [7, 11) is 0. The van der Waals surface area contributed by atoms with Crippen LogP contribution in [0.25, 0.3) is 0 Å². The lowest BCUT2D eigenvalue weighted by Gasteiger charge is -2.40. The molecule has 2 aliphatic rings. The molecule has 0 unspecified atom stereocenters. The van der Waals surface area contributed by atoms with E-state index in [0.29, 0.717) is 11.5 Å². The fourth-order valence-electron chi connectivity index (χ4n) is 4.30. The Morgan fingerprint density at radius 3 is 2.05 bits per heavy atom. The summed E-state index contributed by atoms with van der Waals surface area (Å²) in [5.74, 6) is 1.73. The van der Waals surface area contributed by atoms with Gasteiger partial charge < -0.3 is 10.4 Å². The van der Waals surface area contributed by atoms with Gasteiger partial charge in [0.1, 0.15) is 0 Å². The minimum absolute atomic E-state index is 0.424. The topological polar surface area (TPSA) is 32.3 Å². The van der Waals surface area contributed by atoms with Gasteiger partial charge in [-0.3, -0.25) is 0 Å². The van der Waals surface area contributed by atoms with Gasteiger partial charge in [0.05, 0.1) is 5.60 Å². The first-order chi connectivity index (χ1) is 9.82. The van der Waals surface area contributed by atoms with E-state index in [4.69, 9.17) is 0 Å². The Hall–Kier alpha value is -0.0800. The van der Waals surface area contributed by atoms with Crippen molar-refractivity contribution in [3.63, 3.8) is 0 Å². The monoisotopic (exact) mass is 295 g/mol. The van der Waals surface area contributed by atoms with Crippen molar-refractivity contribution in [2.24, 2.45) is 17.3 Å². The standard InChI is InChI=1S/C19H37NO/c1-5-15-10-12-19(21,13-11-15)14-20-17-8-6-16(7-9-17)18(2,3)4/h15-17,20-21H,5-14H2,1-4H3. The van der Waals surface area contributed by atoms with Crippen LogP contribution >= 0.6 is 0 Å². The zero-order valence-electron chi connectivity index (χ0n) is 14.8. The lowest BCUT2D eigenvalue weighted by Crippen LogP contribution is -2.47. The van der Waals surface area contributed by atoms with Gasteiger partial charge in [0.2, 0.25) is 0 Å². The molecular weight excluding hydrogens is 258 g/mol. The van der Waals surface area contributed by atoms with E-state index < -0.39 is 5.60 Å². The van der Waals surface area contributed by atoms with Crippen LogP contribution in [0.5, 0.6) is 0 Å². The van der Waals surface area contributed by atoms with Gasteiger partial charge in [0, 0.05) is 12.6 Å². The minimum atomic E-state index is -0.424. The van der Waals surface area contributed by atoms with Gasteiger partial charge in [0.25, 0.3) is 0 Å². The molecule has 0 heterocycles. The summed E-state index contributed by atoms with van der Waals surface area (Å²) in [5.41, 5.74) is 0.0360. The number of rotatable bonds is 4. The molecule has 0 saturated heterocycles. The molecule has 0 radical (unpaired) electrons. The smallest absolute Gasteiger partial charge is 0.0771 e. The maximum Gasteiger partial charge on any atom is 0.0771 e. The van der Waals surface area contributed by atoms with E-state index in [9.17, 15) is 5.11 Å². The largest absolute Gasteiger partial charge is 0.389 e. The third-order valence-corrected chi connectivity index (χ3v) is 6.28. The minimum Gasteiger partial charge on any atom is -0.389 e. The van der Waals surface area contributed by atoms with Gasteiger partial charge in [-0.2, -0.15) is 0 Å². The number of aliphatic hydroxyl groups is 1. The van der Waals surface area contributed by atoms with Crippen molar-refractivity contribution in [3.8, 4) is 0 Å². The molecule has 2 nitrogen and oxygen atoms in total. The van der Waals surface area contributed by atoms with Crippen molar-refractivity contribution in [2.75, 3.05) is 6.54 Å². The normalized spacial score (nSPS) is 38.4. The van der Waals surface area contributed by atoms with Crippen LogP contribution < -0.4 is 5.32 Å². The van der Waals surface area contributed by atoms with E-state index in [0.717, 1.165) is 31.2 Å². The molecule has 2 heteroatoms. The molecule has 0 aromatic rings. The van der Waals surface area contributed by atoms with Crippen LogP contribution in [-0.2, 0) is 0 Å². The maximum atomic E-state index is 10.7. The Labute approximate surface area is 132 Å². The van der Waals surface area contributed by atoms with Gasteiger partial charge in [0.15, 0.2) is 0 Å². The molecule has 0 amide bonds. The zero-order chi connectivity index (χ0) is 15.5. The molecule has 0 bridgehead atoms. The second kappa shape index (κ2) is 7.00. The first-order valence-corrected chi connectivity index (χ1v) is 9.28. The molecule has 21 heavy (non-hydrogen) atoms. The van der Waals surface area contributed by atoms with Crippen LogP contribution in [0.1, 0.15) is 85.5 Å². The second-order valence-electron chi connectivity index (χ2n) is 8.87. The van der Waals surface area contributed by atoms with Crippen molar-refractivity contribution >= 4 is 0 Å². The Morgan fingerprint density at radius 1 is 1.00 bits per heavy atom. The number of hydrogen-bond acceptors (Lipinski definition) is 2. The van der Waals surface area contributed by atoms with Crippen molar-refractivity contribution in [1.82, 2.24) is 5.32 Å². The second-order valence-corrected chi connectivity index (χ2v) is 8.87. The molecular formula is C19H37NO. The Morgan fingerprint density at radius 2 is 1.57 bits per heavy atom. The molecule has 0 aliphatic heterocycles. The Balaban J connectivity index is 1.70. The van der Waals surface area contributed by atoms with Crippen LogP contribution in [0.4, 0.5) is 0 Å². The predicted molar refractivity (Wildman–Crippen MR) is 90.4 cm³/mol. The summed E-state index contributed by atoms with van der Waals surface area (Å²) < 4.78 is 0. The third-order valence-electron chi connectivity index (χ3n) is 6.28. The Bertz CT molecular complexity index is 304. The fourth-order valence-corrected chi connectivity index (χ4v) is 4.30. The highest BCUT2D eigenvalue weighted by Gasteiger charge is 2.34. The van der Waals surface area contributed by atoms with Crippen LogP contribution in [0.2, 0.25) is 0 Å². The van der Waals surface area contributed by atoms with E-state index in [1.165, 1.54) is 44.9 Å². The molecule has 124 valence electrons. The first kappa shape index (κ1) is 17.3. The Kier molecular flexibility index (Phi) is 5.76. The molecule has 0 aromatic heterocycles. The quantitative estimate of drug-likeness (QED) is 0.799. The molecule has 2 fully saturated rings. The molecule has 0 aromatic carbocycles. The zero-order valence-corrected chi connectivity index (χ0v) is 14.8. The average Bonchev–Trinajstić information content (AvgIpc) is 2.46.